The number of aromatic nitrogens is 2. The maximum atomic E-state index is 10.7. The minimum Gasteiger partial charge on any atom is -0.497 e. The number of aliphatic hydroxyl groups excluding tert-OH is 1. The van der Waals surface area contributed by atoms with Gasteiger partial charge in [0.1, 0.15) is 12.0 Å². The molecule has 0 saturated heterocycles. The van der Waals surface area contributed by atoms with E-state index in [0.29, 0.717) is 0 Å². The van der Waals surface area contributed by atoms with Crippen LogP contribution >= 0.6 is 0 Å². The van der Waals surface area contributed by atoms with Crippen molar-refractivity contribution in [1.29, 1.82) is 0 Å². The van der Waals surface area contributed by atoms with E-state index in [9.17, 15) is 5.11 Å². The lowest BCUT2D eigenvalue weighted by Crippen LogP contribution is -2.36. The molecule has 2 aromatic carbocycles. The molecule has 6 nitrogen and oxygen atoms in total. The Bertz CT molecular complexity index is 1030. The Hall–Kier alpha value is -2.67. The van der Waals surface area contributed by atoms with E-state index in [-0.39, 0.29) is 6.04 Å². The van der Waals surface area contributed by atoms with Gasteiger partial charge in [0.25, 0.3) is 0 Å². The number of imidazole rings is 1. The van der Waals surface area contributed by atoms with Gasteiger partial charge in [-0.25, -0.2) is 4.98 Å². The van der Waals surface area contributed by atoms with Crippen LogP contribution in [-0.2, 0) is 13.0 Å². The summed E-state index contributed by atoms with van der Waals surface area (Å²) in [6.45, 7) is 9.58. The van der Waals surface area contributed by atoms with Gasteiger partial charge in [0.15, 0.2) is 0 Å². The van der Waals surface area contributed by atoms with Crippen LogP contribution in [0.2, 0.25) is 0 Å². The van der Waals surface area contributed by atoms with Crippen LogP contribution in [0.1, 0.15) is 59.8 Å². The highest BCUT2D eigenvalue weighted by Crippen LogP contribution is 2.38. The summed E-state index contributed by atoms with van der Waals surface area (Å²) in [6.07, 6.45) is 2.17. The van der Waals surface area contributed by atoms with Crippen molar-refractivity contribution in [3.05, 3.63) is 82.4 Å². The number of H-pyrrole nitrogens is 1. The molecule has 1 aliphatic heterocycles. The fourth-order valence-electron chi connectivity index (χ4n) is 4.71. The Morgan fingerprint density at radius 2 is 1.94 bits per heavy atom. The number of aliphatic hydroxyl groups is 1. The smallest absolute Gasteiger partial charge is 0.133 e. The number of aromatic amines is 1. The molecule has 2 heterocycles. The zero-order valence-electron chi connectivity index (χ0n) is 19.5. The van der Waals surface area contributed by atoms with Gasteiger partial charge in [0, 0.05) is 18.8 Å². The minimum atomic E-state index is -0.579. The van der Waals surface area contributed by atoms with E-state index >= 15 is 0 Å². The van der Waals surface area contributed by atoms with Crippen molar-refractivity contribution in [2.24, 2.45) is 0 Å². The van der Waals surface area contributed by atoms with E-state index < -0.39 is 6.23 Å². The van der Waals surface area contributed by atoms with Gasteiger partial charge in [-0.2, -0.15) is 0 Å². The molecular weight excluding hydrogens is 400 g/mol. The molecule has 0 aliphatic carbocycles. The lowest BCUT2D eigenvalue weighted by Gasteiger charge is -2.38. The number of nitrogens with zero attached hydrogens (tertiary/aromatic N) is 3. The van der Waals surface area contributed by atoms with Gasteiger partial charge in [-0.05, 0) is 60.8 Å². The zero-order valence-corrected chi connectivity index (χ0v) is 19.5. The largest absolute Gasteiger partial charge is 0.497 e. The van der Waals surface area contributed by atoms with Crippen LogP contribution in [-0.4, -0.2) is 51.6 Å². The number of benzene rings is 2. The van der Waals surface area contributed by atoms with E-state index in [4.69, 9.17) is 4.74 Å². The van der Waals surface area contributed by atoms with Gasteiger partial charge < -0.3 is 14.8 Å². The Kier molecular flexibility index (Phi) is 6.94. The fraction of sp³-hybridized carbons (Fsp3) is 0.423. The molecule has 2 atom stereocenters. The molecule has 0 spiro atoms. The summed E-state index contributed by atoms with van der Waals surface area (Å²) >= 11 is 0. The molecule has 0 amide bonds. The molecule has 0 fully saturated rings. The maximum Gasteiger partial charge on any atom is 0.133 e. The molecular formula is C26H34N4O2. The van der Waals surface area contributed by atoms with Crippen LogP contribution in [0, 0.1) is 6.92 Å². The summed E-state index contributed by atoms with van der Waals surface area (Å²) < 4.78 is 5.47. The lowest BCUT2D eigenvalue weighted by atomic mass is 9.87. The Labute approximate surface area is 190 Å². The lowest BCUT2D eigenvalue weighted by molar-refractivity contribution is 0.00899. The van der Waals surface area contributed by atoms with Crippen LogP contribution < -0.4 is 4.74 Å². The molecule has 170 valence electrons. The van der Waals surface area contributed by atoms with E-state index in [1.807, 2.05) is 11.0 Å². The molecule has 0 saturated carbocycles. The molecule has 32 heavy (non-hydrogen) atoms. The van der Waals surface area contributed by atoms with Crippen LogP contribution in [0.25, 0.3) is 0 Å². The molecule has 3 aromatic rings. The average Bonchev–Trinajstić information content (AvgIpc) is 3.23. The second-order valence-corrected chi connectivity index (χ2v) is 8.42. The normalized spacial score (nSPS) is 17.4. The maximum absolute atomic E-state index is 10.7. The quantitative estimate of drug-likeness (QED) is 0.520. The van der Waals surface area contributed by atoms with Gasteiger partial charge in [0.2, 0.25) is 0 Å². The highest BCUT2D eigenvalue weighted by atomic mass is 16.5. The summed E-state index contributed by atoms with van der Waals surface area (Å²) in [7, 11) is 1.72. The van der Waals surface area contributed by atoms with E-state index in [1.165, 1.54) is 16.7 Å². The van der Waals surface area contributed by atoms with Crippen molar-refractivity contribution >= 4 is 0 Å². The molecule has 1 aromatic heterocycles. The number of fused-ring (bicyclic) bond motifs is 1. The van der Waals surface area contributed by atoms with Crippen LogP contribution in [0.15, 0.2) is 48.8 Å². The first-order valence-electron chi connectivity index (χ1n) is 11.5. The first-order valence-corrected chi connectivity index (χ1v) is 11.5. The van der Waals surface area contributed by atoms with Crippen molar-refractivity contribution in [2.75, 3.05) is 26.7 Å². The van der Waals surface area contributed by atoms with Crippen molar-refractivity contribution < 1.29 is 9.84 Å². The third-order valence-corrected chi connectivity index (χ3v) is 6.67. The molecule has 1 unspecified atom stereocenters. The van der Waals surface area contributed by atoms with Crippen LogP contribution in [0.5, 0.6) is 5.75 Å². The van der Waals surface area contributed by atoms with Crippen LogP contribution in [0.4, 0.5) is 0 Å². The summed E-state index contributed by atoms with van der Waals surface area (Å²) in [5, 5.41) is 10.7. The molecule has 0 radical (unpaired) electrons. The van der Waals surface area contributed by atoms with Gasteiger partial charge in [-0.3, -0.25) is 9.80 Å². The molecule has 4 rings (SSSR count). The van der Waals surface area contributed by atoms with E-state index in [1.54, 1.807) is 13.4 Å². The van der Waals surface area contributed by atoms with Crippen molar-refractivity contribution in [3.63, 3.8) is 0 Å². The summed E-state index contributed by atoms with van der Waals surface area (Å²) in [4.78, 5) is 12.3. The number of ether oxygens (including phenoxy) is 1. The molecule has 2 N–H and O–H groups in total. The number of methoxy groups -OCH3 is 1. The monoisotopic (exact) mass is 434 g/mol. The Morgan fingerprint density at radius 3 is 2.56 bits per heavy atom. The predicted octanol–water partition coefficient (Wildman–Crippen LogP) is 4.21. The van der Waals surface area contributed by atoms with Crippen LogP contribution in [0.3, 0.4) is 0 Å². The van der Waals surface area contributed by atoms with Gasteiger partial charge in [-0.15, -0.1) is 0 Å². The second kappa shape index (κ2) is 9.86. The first kappa shape index (κ1) is 22.5. The van der Waals surface area contributed by atoms with Gasteiger partial charge in [-0.1, -0.05) is 44.2 Å². The van der Waals surface area contributed by atoms with Gasteiger partial charge >= 0.3 is 0 Å². The topological polar surface area (TPSA) is 64.6 Å². The second-order valence-electron chi connectivity index (χ2n) is 8.42. The number of hydrogen-bond donors (Lipinski definition) is 2. The minimum absolute atomic E-state index is 0.125. The average molecular weight is 435 g/mol. The summed E-state index contributed by atoms with van der Waals surface area (Å²) in [6, 6.07) is 15.0. The fourth-order valence-corrected chi connectivity index (χ4v) is 4.71. The summed E-state index contributed by atoms with van der Waals surface area (Å²) in [5.41, 5.74) is 6.99. The predicted molar refractivity (Wildman–Crippen MR) is 127 cm³/mol. The SMILES string of the molecule is CCN(CC)C(O)c1ccc([C@H]2c3ccc(OC)cc3CCN2Cc2nc[nH]c2C)cc1. The Morgan fingerprint density at radius 1 is 1.19 bits per heavy atom. The first-order chi connectivity index (χ1) is 15.5. The number of nitrogens with one attached hydrogen (secondary N) is 1. The number of rotatable bonds is 8. The van der Waals surface area contributed by atoms with Crippen molar-refractivity contribution in [3.8, 4) is 5.75 Å². The summed E-state index contributed by atoms with van der Waals surface area (Å²) in [5.74, 6) is 0.900. The number of aryl methyl sites for hydroxylation is 1. The zero-order chi connectivity index (χ0) is 22.7. The highest BCUT2D eigenvalue weighted by Gasteiger charge is 2.30. The molecule has 6 heteroatoms. The van der Waals surface area contributed by atoms with Crippen molar-refractivity contribution in [1.82, 2.24) is 19.8 Å². The Balaban J connectivity index is 1.69. The van der Waals surface area contributed by atoms with E-state index in [2.05, 4.69) is 72.0 Å². The molecule has 1 aliphatic rings. The van der Waals surface area contributed by atoms with E-state index in [0.717, 1.165) is 55.3 Å². The third kappa shape index (κ3) is 4.44. The standard InChI is InChI=1S/C26H34N4O2/c1-5-29(6-2)26(31)20-9-7-19(8-10-20)25-23-12-11-22(32-4)15-21(23)13-14-30(25)16-24-18(3)27-17-28-24/h7-12,15,17,25-26,31H,5-6,13-14,16H2,1-4H3,(H,27,28)/t25-,26?/m0/s1. The van der Waals surface area contributed by atoms with Gasteiger partial charge in [0.05, 0.1) is 25.2 Å². The number of hydrogen-bond acceptors (Lipinski definition) is 5. The third-order valence-electron chi connectivity index (χ3n) is 6.67. The van der Waals surface area contributed by atoms with Crippen molar-refractivity contribution in [2.45, 2.75) is 46.0 Å². The highest BCUT2D eigenvalue weighted by molar-refractivity contribution is 5.44. The molecule has 0 bridgehead atoms.